The molecule has 1 heterocycles. The van der Waals surface area contributed by atoms with Gasteiger partial charge in [0, 0.05) is 23.3 Å². The summed E-state index contributed by atoms with van der Waals surface area (Å²) in [4.78, 5) is 49.7. The summed E-state index contributed by atoms with van der Waals surface area (Å²) < 4.78 is 5.75. The van der Waals surface area contributed by atoms with Crippen LogP contribution < -0.4 is 0 Å². The summed E-state index contributed by atoms with van der Waals surface area (Å²) >= 11 is 0. The smallest absolute Gasteiger partial charge is 0.336 e. The molecule has 1 aliphatic rings. The number of esters is 1. The van der Waals surface area contributed by atoms with E-state index in [2.05, 4.69) is 30.1 Å². The van der Waals surface area contributed by atoms with Gasteiger partial charge in [0.15, 0.2) is 5.78 Å². The first kappa shape index (κ1) is 27.8. The number of hydrogen-bond acceptors (Lipinski definition) is 7. The lowest BCUT2D eigenvalue weighted by Crippen LogP contribution is -2.37. The van der Waals surface area contributed by atoms with E-state index in [1.54, 1.807) is 39.8 Å². The zero-order chi connectivity index (χ0) is 26.3. The number of nitrogens with zero attached hydrogens (tertiary/aromatic N) is 2. The molecule has 0 saturated carbocycles. The Morgan fingerprint density at radius 2 is 1.57 bits per heavy atom. The molecule has 186 valence electrons. The summed E-state index contributed by atoms with van der Waals surface area (Å²) in [5.41, 5.74) is 1.43. The van der Waals surface area contributed by atoms with E-state index >= 15 is 0 Å². The largest absolute Gasteiger partial charge is 0.454 e. The van der Waals surface area contributed by atoms with Gasteiger partial charge < -0.3 is 4.74 Å². The molecule has 1 aromatic carbocycles. The van der Waals surface area contributed by atoms with Crippen LogP contribution in [0.4, 0.5) is 0 Å². The molecule has 7 heteroatoms. The van der Waals surface area contributed by atoms with Crippen molar-refractivity contribution >= 4 is 17.8 Å². The predicted octanol–water partition coefficient (Wildman–Crippen LogP) is 6.07. The second kappa shape index (κ2) is 12.3. The molecule has 0 bridgehead atoms. The minimum Gasteiger partial charge on any atom is -0.454 e. The van der Waals surface area contributed by atoms with Gasteiger partial charge in [-0.05, 0) is 29.6 Å². The number of hydrogen-bond donors (Lipinski definition) is 0. The third-order valence-corrected chi connectivity index (χ3v) is 6.90. The Balaban J connectivity index is 2.52. The summed E-state index contributed by atoms with van der Waals surface area (Å²) in [5.74, 6) is -3.01. The lowest BCUT2D eigenvalue weighted by atomic mass is 9.77. The van der Waals surface area contributed by atoms with E-state index in [1.807, 2.05) is 30.3 Å². The van der Waals surface area contributed by atoms with Crippen LogP contribution in [0.3, 0.4) is 0 Å². The van der Waals surface area contributed by atoms with Crippen molar-refractivity contribution in [3.63, 3.8) is 0 Å². The van der Waals surface area contributed by atoms with Crippen LogP contribution in [0, 0.1) is 33.5 Å². The Kier molecular flexibility index (Phi) is 9.75. The zero-order valence-electron chi connectivity index (χ0n) is 20.8. The van der Waals surface area contributed by atoms with E-state index in [1.165, 1.54) is 0 Å². The number of carbonyl (C=O) groups is 2. The minimum absolute atomic E-state index is 0.149. The quantitative estimate of drug-likeness (QED) is 0.297. The first-order chi connectivity index (χ1) is 16.5. The number of carbonyl (C=O) groups excluding carboxylic acids is 2. The molecule has 0 N–H and O–H groups in total. The average Bonchev–Trinajstić information content (AvgIpc) is 2.85. The van der Waals surface area contributed by atoms with E-state index in [9.17, 15) is 19.4 Å². The molecule has 1 aliphatic heterocycles. The highest BCUT2D eigenvalue weighted by Gasteiger charge is 2.38. The molecule has 1 saturated heterocycles. The second-order valence-corrected chi connectivity index (χ2v) is 9.44. The van der Waals surface area contributed by atoms with Crippen molar-refractivity contribution in [2.24, 2.45) is 34.0 Å². The number of nitroso groups, excluding NO2 is 2. The van der Waals surface area contributed by atoms with E-state index in [-0.39, 0.29) is 22.8 Å². The van der Waals surface area contributed by atoms with Gasteiger partial charge in [-0.2, -0.15) is 9.81 Å². The van der Waals surface area contributed by atoms with Gasteiger partial charge >= 0.3 is 5.97 Å². The highest BCUT2D eigenvalue weighted by Crippen LogP contribution is 2.33. The van der Waals surface area contributed by atoms with Gasteiger partial charge in [-0.3, -0.25) is 4.79 Å². The average molecular weight is 479 g/mol. The van der Waals surface area contributed by atoms with E-state index in [0.29, 0.717) is 12.0 Å². The molecule has 35 heavy (non-hydrogen) atoms. The van der Waals surface area contributed by atoms with Crippen molar-refractivity contribution in [1.82, 2.24) is 0 Å². The van der Waals surface area contributed by atoms with Gasteiger partial charge in [-0.1, -0.05) is 94.2 Å². The van der Waals surface area contributed by atoms with Gasteiger partial charge in [0.25, 0.3) is 0 Å². The number of ketones is 1. The maximum absolute atomic E-state index is 13.1. The summed E-state index contributed by atoms with van der Waals surface area (Å²) in [5, 5.41) is 6.31. The molecule has 7 atom stereocenters. The van der Waals surface area contributed by atoms with Crippen molar-refractivity contribution < 1.29 is 14.3 Å². The lowest BCUT2D eigenvalue weighted by Gasteiger charge is -2.31. The molecule has 1 fully saturated rings. The number of ether oxygens (including phenoxy) is 1. The molecule has 0 spiro atoms. The SMILES string of the molecule is C=C1C(=C)[C@@H](C)[C@@H](/C=C/c2ccccc2)OC(=O)C(=C)[C@@H](N=O)[C@H](C)[C@@H](N=O)[C@@H](C)C[C@@H](C)C1=O. The molecular weight excluding hydrogens is 444 g/mol. The standard InChI is InChI=1S/C28H34N2O5/c1-16-15-17(2)27(31)20(5)18(3)19(4)24(14-13-23-11-9-8-10-12-23)35-28(32)22(7)26(30-34)21(6)25(16)29-33/h8-14,16-17,19,21,24-26H,3,5,7,15H2,1-2,4,6H3/b14-13+/t16-,17+,19+,21+,24+,25-,26-/m0/s1. The fourth-order valence-electron chi connectivity index (χ4n) is 4.51. The van der Waals surface area contributed by atoms with Crippen LogP contribution in [0.5, 0.6) is 0 Å². The molecule has 2 rings (SSSR count). The van der Waals surface area contributed by atoms with Crippen LogP contribution in [0.2, 0.25) is 0 Å². The first-order valence-electron chi connectivity index (χ1n) is 11.7. The maximum atomic E-state index is 13.1. The number of Topliss-reactive ketones (excluding diaryl/α,β-unsaturated/α-hetero) is 1. The van der Waals surface area contributed by atoms with Gasteiger partial charge in [-0.25, -0.2) is 4.79 Å². The monoisotopic (exact) mass is 478 g/mol. The first-order valence-corrected chi connectivity index (χ1v) is 11.7. The molecule has 0 amide bonds. The van der Waals surface area contributed by atoms with Gasteiger partial charge in [0.2, 0.25) is 0 Å². The lowest BCUT2D eigenvalue weighted by molar-refractivity contribution is -0.143. The van der Waals surface area contributed by atoms with E-state index < -0.39 is 41.9 Å². The molecule has 0 unspecified atom stereocenters. The Hall–Kier alpha value is -3.48. The number of benzene rings is 1. The third kappa shape index (κ3) is 6.56. The predicted molar refractivity (Wildman–Crippen MR) is 138 cm³/mol. The van der Waals surface area contributed by atoms with Gasteiger partial charge in [0.1, 0.15) is 12.1 Å². The summed E-state index contributed by atoms with van der Waals surface area (Å²) in [6.07, 6.45) is 3.03. The van der Waals surface area contributed by atoms with E-state index in [0.717, 1.165) is 5.56 Å². The van der Waals surface area contributed by atoms with Crippen LogP contribution in [-0.2, 0) is 14.3 Å². The Labute approximate surface area is 207 Å². The van der Waals surface area contributed by atoms with Crippen molar-refractivity contribution in [2.75, 3.05) is 0 Å². The normalized spacial score (nSPS) is 31.7. The summed E-state index contributed by atoms with van der Waals surface area (Å²) in [6, 6.07) is 7.38. The Morgan fingerprint density at radius 1 is 0.943 bits per heavy atom. The fourth-order valence-corrected chi connectivity index (χ4v) is 4.51. The Morgan fingerprint density at radius 3 is 2.14 bits per heavy atom. The molecule has 0 aliphatic carbocycles. The maximum Gasteiger partial charge on any atom is 0.336 e. The molecular formula is C28H34N2O5. The van der Waals surface area contributed by atoms with Crippen LogP contribution in [-0.4, -0.2) is 29.9 Å². The summed E-state index contributed by atoms with van der Waals surface area (Å²) in [7, 11) is 0. The number of allylic oxidation sites excluding steroid dienone is 1. The highest BCUT2D eigenvalue weighted by atomic mass is 16.5. The van der Waals surface area contributed by atoms with Gasteiger partial charge in [0.05, 0.1) is 11.6 Å². The Bertz CT molecular complexity index is 1030. The molecule has 0 radical (unpaired) electrons. The minimum atomic E-state index is -1.20. The topological polar surface area (TPSA) is 102 Å². The highest BCUT2D eigenvalue weighted by molar-refractivity contribution is 6.00. The molecule has 7 nitrogen and oxygen atoms in total. The third-order valence-electron chi connectivity index (χ3n) is 6.90. The van der Waals surface area contributed by atoms with Crippen molar-refractivity contribution in [1.29, 1.82) is 0 Å². The van der Waals surface area contributed by atoms with Crippen LogP contribution in [0.25, 0.3) is 6.08 Å². The van der Waals surface area contributed by atoms with Crippen molar-refractivity contribution in [2.45, 2.75) is 52.3 Å². The summed E-state index contributed by atoms with van der Waals surface area (Å²) in [6.45, 7) is 18.8. The van der Waals surface area contributed by atoms with Crippen molar-refractivity contribution in [3.05, 3.63) is 88.2 Å². The molecule has 1 aromatic rings. The van der Waals surface area contributed by atoms with Gasteiger partial charge in [-0.15, -0.1) is 0 Å². The number of rotatable bonds is 4. The molecule has 0 aromatic heterocycles. The van der Waals surface area contributed by atoms with Crippen LogP contribution in [0.1, 0.15) is 39.7 Å². The van der Waals surface area contributed by atoms with E-state index in [4.69, 9.17) is 4.74 Å². The fraction of sp³-hybridized carbons (Fsp3) is 0.429. The zero-order valence-corrected chi connectivity index (χ0v) is 20.8. The number of cyclic esters (lactones) is 1. The van der Waals surface area contributed by atoms with Crippen molar-refractivity contribution in [3.8, 4) is 0 Å². The second-order valence-electron chi connectivity index (χ2n) is 9.44. The van der Waals surface area contributed by atoms with Crippen LogP contribution >= 0.6 is 0 Å². The van der Waals surface area contributed by atoms with Crippen LogP contribution in [0.15, 0.2) is 83.2 Å².